The number of carbonyl (C=O) groups excluding carboxylic acids is 1. The van der Waals surface area contributed by atoms with Crippen molar-refractivity contribution in [3.05, 3.63) is 83.4 Å². The summed E-state index contributed by atoms with van der Waals surface area (Å²) < 4.78 is 1.85. The lowest BCUT2D eigenvalue weighted by molar-refractivity contribution is -0.114. The van der Waals surface area contributed by atoms with Crippen LogP contribution in [0.15, 0.2) is 60.8 Å². The normalized spacial score (nSPS) is 12.0. The zero-order chi connectivity index (χ0) is 18.5. The van der Waals surface area contributed by atoms with Crippen molar-refractivity contribution < 1.29 is 4.79 Å². The van der Waals surface area contributed by atoms with Crippen LogP contribution in [-0.4, -0.2) is 20.5 Å². The smallest absolute Gasteiger partial charge is 0.178 e. The van der Waals surface area contributed by atoms with Gasteiger partial charge in [-0.05, 0) is 50.3 Å². The minimum absolute atomic E-state index is 0.294. The molecule has 2 aromatic heterocycles. The van der Waals surface area contributed by atoms with Gasteiger partial charge in [0.2, 0.25) is 0 Å². The van der Waals surface area contributed by atoms with E-state index in [1.165, 1.54) is 6.08 Å². The largest absolute Gasteiger partial charge is 0.293 e. The first-order valence-electron chi connectivity index (χ1n) is 8.26. The molecule has 0 fully saturated rings. The van der Waals surface area contributed by atoms with Crippen molar-refractivity contribution in [3.63, 3.8) is 0 Å². The molecule has 2 heterocycles. The van der Waals surface area contributed by atoms with Crippen LogP contribution in [0.25, 0.3) is 11.8 Å². The molecule has 5 heteroatoms. The lowest BCUT2D eigenvalue weighted by Gasteiger charge is -2.04. The number of nitriles is 1. The first kappa shape index (κ1) is 17.3. The van der Waals surface area contributed by atoms with Crippen LogP contribution in [0.2, 0.25) is 0 Å². The predicted octanol–water partition coefficient (Wildman–Crippen LogP) is 3.77. The summed E-state index contributed by atoms with van der Waals surface area (Å²) in [5, 5.41) is 13.9. The Labute approximate surface area is 152 Å². The summed E-state index contributed by atoms with van der Waals surface area (Å²) in [4.78, 5) is 16.6. The van der Waals surface area contributed by atoms with E-state index in [1.54, 1.807) is 30.5 Å². The third-order valence-corrected chi connectivity index (χ3v) is 4.16. The van der Waals surface area contributed by atoms with Gasteiger partial charge in [0.15, 0.2) is 11.7 Å². The molecule has 0 radical (unpaired) electrons. The fraction of sp³-hybridized carbons (Fsp3) is 0.143. The fourth-order valence-electron chi connectivity index (χ4n) is 2.80. The van der Waals surface area contributed by atoms with E-state index in [2.05, 4.69) is 10.1 Å². The van der Waals surface area contributed by atoms with Crippen molar-refractivity contribution in [1.82, 2.24) is 14.8 Å². The molecule has 0 N–H and O–H groups in total. The number of ketones is 1. The molecule has 0 unspecified atom stereocenters. The minimum Gasteiger partial charge on any atom is -0.293 e. The van der Waals surface area contributed by atoms with Gasteiger partial charge in [-0.25, -0.2) is 4.68 Å². The quantitative estimate of drug-likeness (QED) is 0.662. The number of aromatic nitrogens is 3. The van der Waals surface area contributed by atoms with Crippen molar-refractivity contribution in [3.8, 4) is 11.8 Å². The maximum Gasteiger partial charge on any atom is 0.178 e. The van der Waals surface area contributed by atoms with Gasteiger partial charge in [0.25, 0.3) is 0 Å². The summed E-state index contributed by atoms with van der Waals surface area (Å²) in [7, 11) is 0. The standard InChI is InChI=1S/C21H18N4O/c1-15-18(16(2)25(24-15)17-8-4-3-5-9-17)11-12-21(26)19(14-22)20-10-6-7-13-23-20/h3-13,19H,1-2H3/b12-11+/t19-/m0/s1. The third kappa shape index (κ3) is 3.45. The van der Waals surface area contributed by atoms with Gasteiger partial charge >= 0.3 is 0 Å². The highest BCUT2D eigenvalue weighted by molar-refractivity contribution is 6.00. The number of rotatable bonds is 5. The lowest BCUT2D eigenvalue weighted by atomic mass is 10.00. The van der Waals surface area contributed by atoms with E-state index in [9.17, 15) is 10.1 Å². The second kappa shape index (κ2) is 7.58. The molecule has 0 amide bonds. The number of hydrogen-bond acceptors (Lipinski definition) is 4. The van der Waals surface area contributed by atoms with E-state index in [4.69, 9.17) is 0 Å². The number of nitrogens with zero attached hydrogens (tertiary/aromatic N) is 4. The average molecular weight is 342 g/mol. The minimum atomic E-state index is -0.905. The number of allylic oxidation sites excluding steroid dienone is 1. The zero-order valence-corrected chi connectivity index (χ0v) is 14.6. The lowest BCUT2D eigenvalue weighted by Crippen LogP contribution is -2.09. The fourth-order valence-corrected chi connectivity index (χ4v) is 2.80. The second-order valence-electron chi connectivity index (χ2n) is 5.88. The Kier molecular flexibility index (Phi) is 5.04. The monoisotopic (exact) mass is 342 g/mol. The molecule has 0 aliphatic heterocycles. The topological polar surface area (TPSA) is 71.6 Å². The van der Waals surface area contributed by atoms with Crippen molar-refractivity contribution in [2.75, 3.05) is 0 Å². The molecule has 0 bridgehead atoms. The average Bonchev–Trinajstić information content (AvgIpc) is 2.96. The molecule has 3 rings (SSSR count). The molecule has 26 heavy (non-hydrogen) atoms. The molecule has 1 atom stereocenters. The maximum atomic E-state index is 12.5. The highest BCUT2D eigenvalue weighted by Gasteiger charge is 2.19. The number of pyridine rings is 1. The van der Waals surface area contributed by atoms with E-state index < -0.39 is 5.92 Å². The summed E-state index contributed by atoms with van der Waals surface area (Å²) in [6.45, 7) is 3.86. The van der Waals surface area contributed by atoms with Crippen LogP contribution in [0.5, 0.6) is 0 Å². The summed E-state index contributed by atoms with van der Waals surface area (Å²) in [6.07, 6.45) is 4.75. The van der Waals surface area contributed by atoms with Gasteiger partial charge in [-0.1, -0.05) is 24.3 Å². The van der Waals surface area contributed by atoms with Crippen LogP contribution >= 0.6 is 0 Å². The molecule has 0 spiro atoms. The Hall–Kier alpha value is -3.52. The molecule has 0 saturated heterocycles. The molecule has 1 aromatic carbocycles. The molecule has 0 saturated carbocycles. The first-order valence-corrected chi connectivity index (χ1v) is 8.26. The Balaban J connectivity index is 1.88. The van der Waals surface area contributed by atoms with Crippen LogP contribution in [0, 0.1) is 25.2 Å². The number of benzene rings is 1. The van der Waals surface area contributed by atoms with Gasteiger partial charge in [-0.2, -0.15) is 10.4 Å². The van der Waals surface area contributed by atoms with Crippen molar-refractivity contribution in [1.29, 1.82) is 5.26 Å². The zero-order valence-electron chi connectivity index (χ0n) is 14.6. The maximum absolute atomic E-state index is 12.5. The van der Waals surface area contributed by atoms with E-state index in [1.807, 2.05) is 54.9 Å². The SMILES string of the molecule is Cc1nn(-c2ccccc2)c(C)c1/C=C/C(=O)[C@@H](C#N)c1ccccn1. The second-order valence-corrected chi connectivity index (χ2v) is 5.88. The van der Waals surface area contributed by atoms with Crippen molar-refractivity contribution in [2.24, 2.45) is 0 Å². The summed E-state index contributed by atoms with van der Waals surface area (Å²) in [5.41, 5.74) is 4.05. The first-order chi connectivity index (χ1) is 12.6. The van der Waals surface area contributed by atoms with Crippen molar-refractivity contribution >= 4 is 11.9 Å². The predicted molar refractivity (Wildman–Crippen MR) is 99.7 cm³/mol. The van der Waals surface area contributed by atoms with Crippen molar-refractivity contribution in [2.45, 2.75) is 19.8 Å². The van der Waals surface area contributed by atoms with Gasteiger partial charge in [0.05, 0.1) is 23.1 Å². The molecule has 0 aliphatic carbocycles. The molecular weight excluding hydrogens is 324 g/mol. The van der Waals surface area contributed by atoms with Crippen LogP contribution in [0.4, 0.5) is 0 Å². The Morgan fingerprint density at radius 2 is 1.88 bits per heavy atom. The number of carbonyl (C=O) groups is 1. The molecule has 5 nitrogen and oxygen atoms in total. The highest BCUT2D eigenvalue weighted by atomic mass is 16.1. The van der Waals surface area contributed by atoms with Crippen LogP contribution in [0.3, 0.4) is 0 Å². The van der Waals surface area contributed by atoms with Gasteiger partial charge < -0.3 is 0 Å². The van der Waals surface area contributed by atoms with Crippen LogP contribution < -0.4 is 0 Å². The van der Waals surface area contributed by atoms with Gasteiger partial charge in [-0.15, -0.1) is 0 Å². The van der Waals surface area contributed by atoms with E-state index in [-0.39, 0.29) is 5.78 Å². The number of para-hydroxylation sites is 1. The van der Waals surface area contributed by atoms with Gasteiger partial charge in [0.1, 0.15) is 0 Å². The molecular formula is C21H18N4O. The molecule has 128 valence electrons. The Morgan fingerprint density at radius 3 is 2.54 bits per heavy atom. The Bertz CT molecular complexity index is 982. The summed E-state index contributed by atoms with van der Waals surface area (Å²) in [5.74, 6) is -1.20. The molecule has 3 aromatic rings. The van der Waals surface area contributed by atoms with E-state index >= 15 is 0 Å². The number of aryl methyl sites for hydroxylation is 1. The van der Waals surface area contributed by atoms with E-state index in [0.717, 1.165) is 22.6 Å². The highest BCUT2D eigenvalue weighted by Crippen LogP contribution is 2.20. The van der Waals surface area contributed by atoms with Gasteiger partial charge in [-0.3, -0.25) is 9.78 Å². The molecule has 0 aliphatic rings. The van der Waals surface area contributed by atoms with E-state index in [0.29, 0.717) is 5.69 Å². The third-order valence-electron chi connectivity index (χ3n) is 4.16. The summed E-state index contributed by atoms with van der Waals surface area (Å²) in [6, 6.07) is 17.0. The Morgan fingerprint density at radius 1 is 1.15 bits per heavy atom. The van der Waals surface area contributed by atoms with Gasteiger partial charge in [0, 0.05) is 17.5 Å². The number of hydrogen-bond donors (Lipinski definition) is 0. The summed E-state index contributed by atoms with van der Waals surface area (Å²) >= 11 is 0. The van der Waals surface area contributed by atoms with Crippen LogP contribution in [0.1, 0.15) is 28.6 Å². The van der Waals surface area contributed by atoms with Crippen LogP contribution in [-0.2, 0) is 4.79 Å².